The highest BCUT2D eigenvalue weighted by molar-refractivity contribution is 6.41. The van der Waals surface area contributed by atoms with Crippen molar-refractivity contribution >= 4 is 29.1 Å². The van der Waals surface area contributed by atoms with Gasteiger partial charge >= 0.3 is 0 Å². The average Bonchev–Trinajstić information content (AvgIpc) is 2.41. The molecule has 0 unspecified atom stereocenters. The van der Waals surface area contributed by atoms with Gasteiger partial charge in [-0.3, -0.25) is 4.79 Å². The molecule has 0 spiro atoms. The van der Waals surface area contributed by atoms with Crippen LogP contribution in [0.5, 0.6) is 0 Å². The van der Waals surface area contributed by atoms with Crippen molar-refractivity contribution in [1.82, 2.24) is 14.8 Å². The molecule has 6 heteroatoms. The molecule has 0 radical (unpaired) electrons. The molecule has 1 aromatic heterocycles. The fourth-order valence-corrected chi connectivity index (χ4v) is 2.83. The van der Waals surface area contributed by atoms with Crippen molar-refractivity contribution < 1.29 is 4.79 Å². The first-order chi connectivity index (χ1) is 9.47. The minimum absolute atomic E-state index is 0.0145. The van der Waals surface area contributed by atoms with E-state index in [0.29, 0.717) is 16.5 Å². The van der Waals surface area contributed by atoms with Crippen molar-refractivity contribution in [2.75, 3.05) is 33.7 Å². The molecule has 0 N–H and O–H groups in total. The Balaban J connectivity index is 1.96. The van der Waals surface area contributed by atoms with Crippen LogP contribution in [0.3, 0.4) is 0 Å². The van der Waals surface area contributed by atoms with Crippen LogP contribution < -0.4 is 0 Å². The maximum Gasteiger partial charge on any atom is 0.255 e. The zero-order valence-corrected chi connectivity index (χ0v) is 13.3. The lowest BCUT2D eigenvalue weighted by molar-refractivity contribution is 0.0677. The number of hydrogen-bond acceptors (Lipinski definition) is 3. The minimum atomic E-state index is -0.0145. The smallest absolute Gasteiger partial charge is 0.255 e. The van der Waals surface area contributed by atoms with Gasteiger partial charge in [0.25, 0.3) is 5.91 Å². The van der Waals surface area contributed by atoms with E-state index in [-0.39, 0.29) is 11.1 Å². The molecule has 0 aromatic carbocycles. The standard InChI is InChI=1S/C14H19Cl2N3O/c1-18(2)9-10-3-5-19(6-4-10)14(20)11-7-12(15)13(16)17-8-11/h7-8,10H,3-6,9H2,1-2H3. The van der Waals surface area contributed by atoms with Gasteiger partial charge < -0.3 is 9.80 Å². The molecule has 0 aliphatic carbocycles. The highest BCUT2D eigenvalue weighted by atomic mass is 35.5. The number of nitrogens with zero attached hydrogens (tertiary/aromatic N) is 3. The van der Waals surface area contributed by atoms with Crippen LogP contribution >= 0.6 is 23.2 Å². The summed E-state index contributed by atoms with van der Waals surface area (Å²) in [6, 6.07) is 1.59. The van der Waals surface area contributed by atoms with Crippen LogP contribution in [0.1, 0.15) is 23.2 Å². The Bertz CT molecular complexity index is 485. The van der Waals surface area contributed by atoms with E-state index < -0.39 is 0 Å². The molecule has 1 aliphatic heterocycles. The Kier molecular flexibility index (Phi) is 5.24. The Morgan fingerprint density at radius 3 is 2.60 bits per heavy atom. The number of rotatable bonds is 3. The molecule has 1 aromatic rings. The summed E-state index contributed by atoms with van der Waals surface area (Å²) in [5, 5.41) is 0.549. The minimum Gasteiger partial charge on any atom is -0.339 e. The van der Waals surface area contributed by atoms with Gasteiger partial charge in [0.1, 0.15) is 5.15 Å². The second-order valence-electron chi connectivity index (χ2n) is 5.49. The van der Waals surface area contributed by atoms with Gasteiger partial charge in [0, 0.05) is 25.8 Å². The van der Waals surface area contributed by atoms with E-state index in [4.69, 9.17) is 23.2 Å². The Morgan fingerprint density at radius 1 is 1.40 bits per heavy atom. The van der Waals surface area contributed by atoms with Gasteiger partial charge in [0.2, 0.25) is 0 Å². The highest BCUT2D eigenvalue weighted by Gasteiger charge is 2.24. The lowest BCUT2D eigenvalue weighted by Gasteiger charge is -2.33. The molecule has 1 aliphatic rings. The summed E-state index contributed by atoms with van der Waals surface area (Å²) in [5.41, 5.74) is 0.505. The first kappa shape index (κ1) is 15.5. The third-order valence-electron chi connectivity index (χ3n) is 3.57. The van der Waals surface area contributed by atoms with Crippen LogP contribution in [-0.2, 0) is 0 Å². The summed E-state index contributed by atoms with van der Waals surface area (Å²) in [4.78, 5) is 20.4. The third kappa shape index (κ3) is 3.84. The fourth-order valence-electron chi connectivity index (χ4n) is 2.56. The van der Waals surface area contributed by atoms with Gasteiger partial charge in [-0.15, -0.1) is 0 Å². The van der Waals surface area contributed by atoms with Gasteiger partial charge in [-0.25, -0.2) is 4.98 Å². The second kappa shape index (κ2) is 6.74. The van der Waals surface area contributed by atoms with Crippen LogP contribution in [0.25, 0.3) is 0 Å². The predicted molar refractivity (Wildman–Crippen MR) is 81.4 cm³/mol. The largest absolute Gasteiger partial charge is 0.339 e. The summed E-state index contributed by atoms with van der Waals surface area (Å²) in [5.74, 6) is 0.653. The normalized spacial score (nSPS) is 16.8. The molecule has 1 fully saturated rings. The van der Waals surface area contributed by atoms with E-state index >= 15 is 0 Å². The number of likely N-dealkylation sites (tertiary alicyclic amines) is 1. The summed E-state index contributed by atoms with van der Waals surface area (Å²) < 4.78 is 0. The van der Waals surface area contributed by atoms with Crippen LogP contribution in [0.2, 0.25) is 10.2 Å². The zero-order valence-electron chi connectivity index (χ0n) is 11.8. The molecule has 0 bridgehead atoms. The predicted octanol–water partition coefficient (Wildman–Crippen LogP) is 2.80. The number of pyridine rings is 1. The molecule has 2 heterocycles. The highest BCUT2D eigenvalue weighted by Crippen LogP contribution is 2.23. The topological polar surface area (TPSA) is 36.4 Å². The SMILES string of the molecule is CN(C)CC1CCN(C(=O)c2cnc(Cl)c(Cl)c2)CC1. The number of hydrogen-bond donors (Lipinski definition) is 0. The van der Waals surface area contributed by atoms with Crippen molar-refractivity contribution in [2.45, 2.75) is 12.8 Å². The number of halogens is 2. The van der Waals surface area contributed by atoms with Gasteiger partial charge in [0.05, 0.1) is 10.6 Å². The van der Waals surface area contributed by atoms with E-state index in [1.54, 1.807) is 6.07 Å². The van der Waals surface area contributed by atoms with E-state index in [2.05, 4.69) is 24.0 Å². The summed E-state index contributed by atoms with van der Waals surface area (Å²) in [6.45, 7) is 2.66. The zero-order chi connectivity index (χ0) is 14.7. The Morgan fingerprint density at radius 2 is 2.05 bits per heavy atom. The monoisotopic (exact) mass is 315 g/mol. The molecular weight excluding hydrogens is 297 g/mol. The molecule has 1 amide bonds. The third-order valence-corrected chi connectivity index (χ3v) is 4.25. The summed E-state index contributed by atoms with van der Waals surface area (Å²) in [6.07, 6.45) is 3.57. The van der Waals surface area contributed by atoms with Crippen molar-refractivity contribution in [2.24, 2.45) is 5.92 Å². The quantitative estimate of drug-likeness (QED) is 0.805. The maximum absolute atomic E-state index is 12.4. The lowest BCUT2D eigenvalue weighted by atomic mass is 9.96. The Hall–Kier alpha value is -0.840. The molecule has 2 rings (SSSR count). The van der Waals surface area contributed by atoms with Gasteiger partial charge in [-0.05, 0) is 38.9 Å². The van der Waals surface area contributed by atoms with Gasteiger partial charge in [-0.2, -0.15) is 0 Å². The van der Waals surface area contributed by atoms with E-state index in [0.717, 1.165) is 32.5 Å². The summed E-state index contributed by atoms with van der Waals surface area (Å²) in [7, 11) is 4.16. The molecule has 0 atom stereocenters. The lowest BCUT2D eigenvalue weighted by Crippen LogP contribution is -2.40. The van der Waals surface area contributed by atoms with Crippen LogP contribution in [0.4, 0.5) is 0 Å². The van der Waals surface area contributed by atoms with Crippen LogP contribution in [0, 0.1) is 5.92 Å². The maximum atomic E-state index is 12.4. The molecule has 110 valence electrons. The molecule has 20 heavy (non-hydrogen) atoms. The van der Waals surface area contributed by atoms with E-state index in [1.807, 2.05) is 4.90 Å². The number of piperidine rings is 1. The summed E-state index contributed by atoms with van der Waals surface area (Å²) >= 11 is 11.7. The van der Waals surface area contributed by atoms with Gasteiger partial charge in [-0.1, -0.05) is 23.2 Å². The first-order valence-electron chi connectivity index (χ1n) is 6.72. The Labute approximate surface area is 129 Å². The number of amides is 1. The van der Waals surface area contributed by atoms with Crippen molar-refractivity contribution in [3.63, 3.8) is 0 Å². The number of aromatic nitrogens is 1. The van der Waals surface area contributed by atoms with Crippen LogP contribution in [0.15, 0.2) is 12.3 Å². The van der Waals surface area contributed by atoms with E-state index in [1.165, 1.54) is 6.20 Å². The van der Waals surface area contributed by atoms with Crippen molar-refractivity contribution in [3.8, 4) is 0 Å². The molecule has 4 nitrogen and oxygen atoms in total. The average molecular weight is 316 g/mol. The molecule has 1 saturated heterocycles. The fraction of sp³-hybridized carbons (Fsp3) is 0.571. The second-order valence-corrected chi connectivity index (χ2v) is 6.26. The molecular formula is C14H19Cl2N3O. The number of carbonyl (C=O) groups excluding carboxylic acids is 1. The molecule has 0 saturated carbocycles. The van der Waals surface area contributed by atoms with Gasteiger partial charge in [0.15, 0.2) is 0 Å². The van der Waals surface area contributed by atoms with E-state index in [9.17, 15) is 4.79 Å². The van der Waals surface area contributed by atoms with Crippen molar-refractivity contribution in [3.05, 3.63) is 28.0 Å². The van der Waals surface area contributed by atoms with Crippen molar-refractivity contribution in [1.29, 1.82) is 0 Å². The van der Waals surface area contributed by atoms with Crippen LogP contribution in [-0.4, -0.2) is 54.4 Å². The number of carbonyl (C=O) groups is 1. The first-order valence-corrected chi connectivity index (χ1v) is 7.48.